The van der Waals surface area contributed by atoms with E-state index in [0.717, 1.165) is 31.4 Å². The summed E-state index contributed by atoms with van der Waals surface area (Å²) in [5.74, 6) is 0.159. The van der Waals surface area contributed by atoms with Gasteiger partial charge < -0.3 is 4.90 Å². The van der Waals surface area contributed by atoms with Gasteiger partial charge in [0.25, 0.3) is 0 Å². The fourth-order valence-corrected chi connectivity index (χ4v) is 2.66. The molecule has 102 valence electrons. The highest BCUT2D eigenvalue weighted by molar-refractivity contribution is 5.92. The molecule has 1 aliphatic heterocycles. The molecule has 0 spiro atoms. The number of piperidine rings is 1. The Morgan fingerprint density at radius 3 is 2.74 bits per heavy atom. The molecular weight excluding hydrogens is 234 g/mol. The number of hydrogen-bond donors (Lipinski definition) is 0. The quantitative estimate of drug-likeness (QED) is 0.754. The van der Waals surface area contributed by atoms with Crippen LogP contribution in [0, 0.1) is 6.92 Å². The number of nitrogens with zero attached hydrogens (tertiary/aromatic N) is 1. The van der Waals surface area contributed by atoms with Crippen molar-refractivity contribution < 1.29 is 4.79 Å². The molecule has 0 radical (unpaired) electrons. The van der Waals surface area contributed by atoms with E-state index in [1.54, 1.807) is 6.08 Å². The van der Waals surface area contributed by atoms with Gasteiger partial charge in [-0.25, -0.2) is 0 Å². The summed E-state index contributed by atoms with van der Waals surface area (Å²) in [6, 6.07) is 8.67. The van der Waals surface area contributed by atoms with Gasteiger partial charge in [-0.05, 0) is 44.2 Å². The van der Waals surface area contributed by atoms with Gasteiger partial charge in [-0.3, -0.25) is 4.79 Å². The number of likely N-dealkylation sites (tertiary alicyclic amines) is 1. The van der Waals surface area contributed by atoms with E-state index >= 15 is 0 Å². The topological polar surface area (TPSA) is 20.3 Å². The van der Waals surface area contributed by atoms with Gasteiger partial charge in [0.05, 0.1) is 0 Å². The molecule has 2 heteroatoms. The molecule has 1 aliphatic rings. The SMILES string of the molecule is CC[C@@H]1CCCCN1C(=O)/C=C/c1ccc(C)cc1. The third-order valence-electron chi connectivity index (χ3n) is 3.88. The maximum atomic E-state index is 12.2. The zero-order valence-corrected chi connectivity index (χ0v) is 11.9. The average molecular weight is 257 g/mol. The fraction of sp³-hybridized carbons (Fsp3) is 0.471. The van der Waals surface area contributed by atoms with Crippen LogP contribution < -0.4 is 0 Å². The molecule has 1 aromatic carbocycles. The van der Waals surface area contributed by atoms with Crippen LogP contribution in [0.25, 0.3) is 6.08 Å². The van der Waals surface area contributed by atoms with Gasteiger partial charge >= 0.3 is 0 Å². The second-order valence-corrected chi connectivity index (χ2v) is 5.33. The summed E-state index contributed by atoms with van der Waals surface area (Å²) in [7, 11) is 0. The predicted octanol–water partition coefficient (Wildman–Crippen LogP) is 3.80. The Hall–Kier alpha value is -1.57. The Morgan fingerprint density at radius 1 is 1.32 bits per heavy atom. The van der Waals surface area contributed by atoms with Gasteiger partial charge in [0.1, 0.15) is 0 Å². The van der Waals surface area contributed by atoms with Crippen LogP contribution in [0.1, 0.15) is 43.7 Å². The lowest BCUT2D eigenvalue weighted by Gasteiger charge is -2.34. The van der Waals surface area contributed by atoms with Crippen LogP contribution >= 0.6 is 0 Å². The molecule has 19 heavy (non-hydrogen) atoms. The maximum absolute atomic E-state index is 12.2. The van der Waals surface area contributed by atoms with Crippen LogP contribution in [0.15, 0.2) is 30.3 Å². The van der Waals surface area contributed by atoms with Gasteiger partial charge in [0.15, 0.2) is 0 Å². The Kier molecular flexibility index (Phi) is 4.78. The van der Waals surface area contributed by atoms with Gasteiger partial charge in [0.2, 0.25) is 5.91 Å². The molecule has 0 bridgehead atoms. The summed E-state index contributed by atoms with van der Waals surface area (Å²) in [6.45, 7) is 5.15. The first kappa shape index (κ1) is 13.9. The molecule has 0 N–H and O–H groups in total. The first-order chi connectivity index (χ1) is 9.20. The normalized spacial score (nSPS) is 19.9. The second kappa shape index (κ2) is 6.55. The summed E-state index contributed by atoms with van der Waals surface area (Å²) in [5.41, 5.74) is 2.33. The summed E-state index contributed by atoms with van der Waals surface area (Å²) >= 11 is 0. The van der Waals surface area contributed by atoms with Crippen molar-refractivity contribution in [3.8, 4) is 0 Å². The summed E-state index contributed by atoms with van der Waals surface area (Å²) < 4.78 is 0. The van der Waals surface area contributed by atoms with Gasteiger partial charge in [-0.1, -0.05) is 36.8 Å². The average Bonchev–Trinajstić information content (AvgIpc) is 2.46. The largest absolute Gasteiger partial charge is 0.336 e. The van der Waals surface area contributed by atoms with Crippen LogP contribution in [-0.4, -0.2) is 23.4 Å². The smallest absolute Gasteiger partial charge is 0.246 e. The van der Waals surface area contributed by atoms with E-state index in [2.05, 4.69) is 26.0 Å². The number of carbonyl (C=O) groups excluding carboxylic acids is 1. The highest BCUT2D eigenvalue weighted by atomic mass is 16.2. The van der Waals surface area contributed by atoms with Gasteiger partial charge in [-0.2, -0.15) is 0 Å². The van der Waals surface area contributed by atoms with Crippen LogP contribution in [-0.2, 0) is 4.79 Å². The van der Waals surface area contributed by atoms with Crippen molar-refractivity contribution in [1.82, 2.24) is 4.90 Å². The van der Waals surface area contributed by atoms with E-state index in [1.807, 2.05) is 23.1 Å². The molecule has 2 nitrogen and oxygen atoms in total. The van der Waals surface area contributed by atoms with Crippen LogP contribution in [0.2, 0.25) is 0 Å². The van der Waals surface area contributed by atoms with Crippen molar-refractivity contribution in [2.45, 2.75) is 45.6 Å². The van der Waals surface area contributed by atoms with Crippen molar-refractivity contribution in [2.24, 2.45) is 0 Å². The number of rotatable bonds is 3. The van der Waals surface area contributed by atoms with E-state index in [9.17, 15) is 4.79 Å². The molecule has 0 unspecified atom stereocenters. The first-order valence-corrected chi connectivity index (χ1v) is 7.26. The number of amides is 1. The minimum atomic E-state index is 0.159. The lowest BCUT2D eigenvalue weighted by molar-refractivity contribution is -0.129. The molecule has 1 aromatic rings. The lowest BCUT2D eigenvalue weighted by atomic mass is 10.00. The zero-order valence-electron chi connectivity index (χ0n) is 11.9. The molecule has 0 saturated carbocycles. The van der Waals surface area contributed by atoms with Crippen LogP contribution in [0.5, 0.6) is 0 Å². The van der Waals surface area contributed by atoms with Gasteiger partial charge in [0, 0.05) is 18.7 Å². The maximum Gasteiger partial charge on any atom is 0.246 e. The monoisotopic (exact) mass is 257 g/mol. The standard InChI is InChI=1S/C17H23NO/c1-3-16-6-4-5-13-18(16)17(19)12-11-15-9-7-14(2)8-10-15/h7-12,16H,3-6,13H2,1-2H3/b12-11+/t16-/m1/s1. The predicted molar refractivity (Wildman–Crippen MR) is 79.9 cm³/mol. The van der Waals surface area contributed by atoms with E-state index in [1.165, 1.54) is 12.0 Å². The Labute approximate surface area is 116 Å². The van der Waals surface area contributed by atoms with Crippen molar-refractivity contribution in [1.29, 1.82) is 0 Å². The molecule has 0 aromatic heterocycles. The first-order valence-electron chi connectivity index (χ1n) is 7.26. The molecule has 0 aliphatic carbocycles. The molecule has 2 rings (SSSR count). The molecule has 1 saturated heterocycles. The highest BCUT2D eigenvalue weighted by Crippen LogP contribution is 2.20. The minimum absolute atomic E-state index is 0.159. The molecular formula is C17H23NO. The Balaban J connectivity index is 2.01. The molecule has 1 fully saturated rings. The molecule has 1 heterocycles. The van der Waals surface area contributed by atoms with Crippen LogP contribution in [0.3, 0.4) is 0 Å². The second-order valence-electron chi connectivity index (χ2n) is 5.33. The Bertz CT molecular complexity index is 447. The number of carbonyl (C=O) groups is 1. The van der Waals surface area contributed by atoms with Crippen molar-refractivity contribution in [3.05, 3.63) is 41.5 Å². The summed E-state index contributed by atoms with van der Waals surface area (Å²) in [6.07, 6.45) is 8.25. The zero-order chi connectivity index (χ0) is 13.7. The fourth-order valence-electron chi connectivity index (χ4n) is 2.66. The minimum Gasteiger partial charge on any atom is -0.336 e. The third kappa shape index (κ3) is 3.69. The van der Waals surface area contributed by atoms with Crippen molar-refractivity contribution >= 4 is 12.0 Å². The van der Waals surface area contributed by atoms with Crippen molar-refractivity contribution in [3.63, 3.8) is 0 Å². The van der Waals surface area contributed by atoms with E-state index in [0.29, 0.717) is 6.04 Å². The number of aryl methyl sites for hydroxylation is 1. The van der Waals surface area contributed by atoms with E-state index in [-0.39, 0.29) is 5.91 Å². The van der Waals surface area contributed by atoms with Crippen molar-refractivity contribution in [2.75, 3.05) is 6.54 Å². The molecule has 1 atom stereocenters. The van der Waals surface area contributed by atoms with Gasteiger partial charge in [-0.15, -0.1) is 0 Å². The van der Waals surface area contributed by atoms with E-state index in [4.69, 9.17) is 0 Å². The third-order valence-corrected chi connectivity index (χ3v) is 3.88. The lowest BCUT2D eigenvalue weighted by Crippen LogP contribution is -2.42. The van der Waals surface area contributed by atoms with Crippen LogP contribution in [0.4, 0.5) is 0 Å². The highest BCUT2D eigenvalue weighted by Gasteiger charge is 2.23. The summed E-state index contributed by atoms with van der Waals surface area (Å²) in [5, 5.41) is 0. The molecule has 1 amide bonds. The van der Waals surface area contributed by atoms with E-state index < -0.39 is 0 Å². The number of hydrogen-bond acceptors (Lipinski definition) is 1. The Morgan fingerprint density at radius 2 is 2.05 bits per heavy atom. The number of benzene rings is 1. The summed E-state index contributed by atoms with van der Waals surface area (Å²) in [4.78, 5) is 14.3.